The van der Waals surface area contributed by atoms with Crippen LogP contribution in [0, 0.1) is 27.7 Å². The fourth-order valence-electron chi connectivity index (χ4n) is 4.34. The van der Waals surface area contributed by atoms with Gasteiger partial charge in [-0.25, -0.2) is 0 Å². The summed E-state index contributed by atoms with van der Waals surface area (Å²) < 4.78 is 0. The number of carbonyl (C=O) groups excluding carboxylic acids is 1. The Balaban J connectivity index is 1.56. The molecular weight excluding hydrogens is 418 g/mol. The number of pyridine rings is 1. The van der Waals surface area contributed by atoms with E-state index in [9.17, 15) is 4.79 Å². The third-order valence-corrected chi connectivity index (χ3v) is 6.31. The van der Waals surface area contributed by atoms with Crippen LogP contribution in [0.15, 0.2) is 48.7 Å². The van der Waals surface area contributed by atoms with Crippen LogP contribution in [0.3, 0.4) is 0 Å². The molecule has 1 aliphatic heterocycles. The number of hydrogen-bond donors (Lipinski definition) is 3. The Bertz CT molecular complexity index is 1140. The van der Waals surface area contributed by atoms with Gasteiger partial charge in [0.05, 0.1) is 17.8 Å². The predicted octanol–water partition coefficient (Wildman–Crippen LogP) is 4.64. The number of rotatable bonds is 6. The molecule has 1 amide bonds. The molecule has 2 atom stereocenters. The Morgan fingerprint density at radius 3 is 2.66 bits per heavy atom. The van der Waals surface area contributed by atoms with Crippen LogP contribution in [0.2, 0.25) is 0 Å². The van der Waals surface area contributed by atoms with E-state index < -0.39 is 0 Å². The van der Waals surface area contributed by atoms with Crippen LogP contribution in [-0.4, -0.2) is 32.4 Å². The lowest BCUT2D eigenvalue weighted by Crippen LogP contribution is -2.32. The Labute approximate surface area is 194 Å². The average Bonchev–Trinajstić information content (AvgIpc) is 3.27. The molecule has 4 rings (SSSR count). The second-order valence-electron chi connectivity index (χ2n) is 8.47. The van der Waals surface area contributed by atoms with Gasteiger partial charge in [0, 0.05) is 36.2 Å². The van der Waals surface area contributed by atoms with E-state index in [0.717, 1.165) is 33.9 Å². The van der Waals surface area contributed by atoms with Crippen molar-refractivity contribution in [3.8, 4) is 0 Å². The molecule has 166 valence electrons. The van der Waals surface area contributed by atoms with Crippen LogP contribution in [0.5, 0.6) is 0 Å². The second kappa shape index (κ2) is 9.12. The Morgan fingerprint density at radius 1 is 1.16 bits per heavy atom. The maximum Gasteiger partial charge on any atom is 0.226 e. The van der Waals surface area contributed by atoms with E-state index in [1.165, 1.54) is 5.56 Å². The number of anilines is 1. The molecule has 2 aromatic heterocycles. The third kappa shape index (κ3) is 4.53. The van der Waals surface area contributed by atoms with Crippen LogP contribution < -0.4 is 10.6 Å². The van der Waals surface area contributed by atoms with Gasteiger partial charge in [-0.3, -0.25) is 9.78 Å². The minimum absolute atomic E-state index is 0.0245. The summed E-state index contributed by atoms with van der Waals surface area (Å²) in [5, 5.41) is 7.14. The molecule has 1 aliphatic rings. The van der Waals surface area contributed by atoms with E-state index in [1.807, 2.05) is 50.2 Å². The van der Waals surface area contributed by atoms with Crippen molar-refractivity contribution in [2.75, 3.05) is 11.9 Å². The molecule has 0 spiro atoms. The minimum Gasteiger partial charge on any atom is -0.362 e. The average molecular weight is 448 g/mol. The molecule has 0 saturated carbocycles. The number of aromatic nitrogens is 2. The van der Waals surface area contributed by atoms with E-state index in [-0.39, 0.29) is 18.0 Å². The van der Waals surface area contributed by atoms with Gasteiger partial charge < -0.3 is 20.5 Å². The van der Waals surface area contributed by atoms with Crippen LogP contribution in [0.4, 0.5) is 5.69 Å². The first-order valence-electron chi connectivity index (χ1n) is 10.8. The molecule has 3 aromatic rings. The fraction of sp³-hybridized carbons (Fsp3) is 0.320. The van der Waals surface area contributed by atoms with Gasteiger partial charge in [-0.1, -0.05) is 18.2 Å². The molecule has 32 heavy (non-hydrogen) atoms. The highest BCUT2D eigenvalue weighted by molar-refractivity contribution is 7.80. The Morgan fingerprint density at radius 2 is 1.97 bits per heavy atom. The van der Waals surface area contributed by atoms with E-state index >= 15 is 0 Å². The number of H-pyrrole nitrogens is 1. The first-order valence-corrected chi connectivity index (χ1v) is 11.3. The maximum atomic E-state index is 12.8. The van der Waals surface area contributed by atoms with Gasteiger partial charge in [0.15, 0.2) is 5.11 Å². The monoisotopic (exact) mass is 447 g/mol. The van der Waals surface area contributed by atoms with Crippen molar-refractivity contribution in [2.45, 2.75) is 46.2 Å². The molecule has 1 fully saturated rings. The molecule has 0 unspecified atom stereocenters. The van der Waals surface area contributed by atoms with Gasteiger partial charge in [-0.05, 0) is 80.9 Å². The quantitative estimate of drug-likeness (QED) is 0.480. The van der Waals surface area contributed by atoms with Crippen LogP contribution in [0.25, 0.3) is 0 Å². The van der Waals surface area contributed by atoms with Crippen molar-refractivity contribution in [2.24, 2.45) is 0 Å². The maximum absolute atomic E-state index is 12.8. The molecule has 3 N–H and O–H groups in total. The summed E-state index contributed by atoms with van der Waals surface area (Å²) in [5.74, 6) is -0.0245. The van der Waals surface area contributed by atoms with Gasteiger partial charge in [-0.2, -0.15) is 0 Å². The van der Waals surface area contributed by atoms with Crippen molar-refractivity contribution in [3.63, 3.8) is 0 Å². The number of carbonyl (C=O) groups is 1. The van der Waals surface area contributed by atoms with E-state index in [2.05, 4.69) is 45.4 Å². The van der Waals surface area contributed by atoms with Gasteiger partial charge in [0.25, 0.3) is 0 Å². The summed E-state index contributed by atoms with van der Waals surface area (Å²) in [6.07, 6.45) is 2.13. The van der Waals surface area contributed by atoms with Crippen molar-refractivity contribution < 1.29 is 4.79 Å². The highest BCUT2D eigenvalue weighted by atomic mass is 32.1. The number of aryl methyl sites for hydroxylation is 4. The summed E-state index contributed by atoms with van der Waals surface area (Å²) in [6.45, 7) is 8.66. The normalized spacial score (nSPS) is 18.0. The number of benzene rings is 1. The second-order valence-corrected chi connectivity index (χ2v) is 8.86. The standard InChI is InChI=1S/C25H29N5OS/c1-15-8-9-16(2)21(13-15)28-22(31)10-12-30-24(19-14-17(3)27-18(19)4)23(29-25(30)32)20-7-5-6-11-26-20/h5-9,11,13-14,23-24,27H,10,12H2,1-4H3,(H,28,31)(H,29,32)/t23-,24+/m0/s1. The van der Waals surface area contributed by atoms with Crippen molar-refractivity contribution in [1.82, 2.24) is 20.2 Å². The molecular formula is C25H29N5OS. The third-order valence-electron chi connectivity index (χ3n) is 5.95. The molecule has 7 heteroatoms. The summed E-state index contributed by atoms with van der Waals surface area (Å²) in [4.78, 5) is 22.9. The lowest BCUT2D eigenvalue weighted by Gasteiger charge is -2.27. The molecule has 0 radical (unpaired) electrons. The first-order chi connectivity index (χ1) is 15.3. The summed E-state index contributed by atoms with van der Waals surface area (Å²) in [5.41, 5.74) is 7.33. The lowest BCUT2D eigenvalue weighted by atomic mass is 9.96. The van der Waals surface area contributed by atoms with Gasteiger partial charge in [-0.15, -0.1) is 0 Å². The van der Waals surface area contributed by atoms with E-state index in [1.54, 1.807) is 6.20 Å². The zero-order valence-corrected chi connectivity index (χ0v) is 19.7. The number of thiocarbonyl (C=S) groups is 1. The van der Waals surface area contributed by atoms with Crippen LogP contribution in [0.1, 0.15) is 52.3 Å². The lowest BCUT2D eigenvalue weighted by molar-refractivity contribution is -0.116. The number of amides is 1. The highest BCUT2D eigenvalue weighted by Crippen LogP contribution is 2.40. The largest absolute Gasteiger partial charge is 0.362 e. The van der Waals surface area contributed by atoms with Crippen LogP contribution >= 0.6 is 12.2 Å². The molecule has 3 heterocycles. The topological polar surface area (TPSA) is 73.1 Å². The Hall–Kier alpha value is -3.19. The fourth-order valence-corrected chi connectivity index (χ4v) is 4.67. The predicted molar refractivity (Wildman–Crippen MR) is 132 cm³/mol. The molecule has 1 aromatic carbocycles. The van der Waals surface area contributed by atoms with Gasteiger partial charge >= 0.3 is 0 Å². The summed E-state index contributed by atoms with van der Waals surface area (Å²) >= 11 is 5.71. The van der Waals surface area contributed by atoms with E-state index in [4.69, 9.17) is 12.2 Å². The molecule has 0 bridgehead atoms. The molecule has 1 saturated heterocycles. The summed E-state index contributed by atoms with van der Waals surface area (Å²) in [7, 11) is 0. The number of aromatic amines is 1. The Kier molecular flexibility index (Phi) is 6.28. The smallest absolute Gasteiger partial charge is 0.226 e. The summed E-state index contributed by atoms with van der Waals surface area (Å²) in [6, 6.07) is 14.0. The highest BCUT2D eigenvalue weighted by Gasteiger charge is 2.40. The SMILES string of the molecule is Cc1ccc(C)c(NC(=O)CCN2C(=S)N[C@@H](c3ccccn3)[C@H]2c2cc(C)[nH]c2C)c1. The van der Waals surface area contributed by atoms with E-state index in [0.29, 0.717) is 18.1 Å². The zero-order valence-electron chi connectivity index (χ0n) is 18.9. The van der Waals surface area contributed by atoms with Gasteiger partial charge in [0.2, 0.25) is 5.91 Å². The van der Waals surface area contributed by atoms with Crippen molar-refractivity contribution >= 4 is 28.9 Å². The molecule has 0 aliphatic carbocycles. The number of nitrogens with one attached hydrogen (secondary N) is 3. The van der Waals surface area contributed by atoms with Crippen LogP contribution in [-0.2, 0) is 4.79 Å². The first kappa shape index (κ1) is 22.0. The number of nitrogens with zero attached hydrogens (tertiary/aromatic N) is 2. The van der Waals surface area contributed by atoms with Crippen molar-refractivity contribution in [3.05, 3.63) is 82.4 Å². The molecule has 6 nitrogen and oxygen atoms in total. The number of hydrogen-bond acceptors (Lipinski definition) is 3. The zero-order chi connectivity index (χ0) is 22.8. The van der Waals surface area contributed by atoms with Gasteiger partial charge in [0.1, 0.15) is 0 Å². The minimum atomic E-state index is -0.0836. The van der Waals surface area contributed by atoms with Crippen molar-refractivity contribution in [1.29, 1.82) is 0 Å².